The minimum atomic E-state index is -0.412. The molecule has 0 saturated heterocycles. The van der Waals surface area contributed by atoms with E-state index in [0.29, 0.717) is 27.8 Å². The van der Waals surface area contributed by atoms with Crippen molar-refractivity contribution >= 4 is 46.1 Å². The Morgan fingerprint density at radius 2 is 1.74 bits per heavy atom. The normalized spacial score (nSPS) is 14.5. The number of rotatable bonds is 5. The van der Waals surface area contributed by atoms with Crippen LogP contribution >= 0.6 is 0 Å². The smallest absolute Gasteiger partial charge is 0.337 e. The fraction of sp³-hybridized carbons (Fsp3) is 0.269. The molecule has 4 aromatic rings. The lowest BCUT2D eigenvalue weighted by atomic mass is 9.95. The maximum Gasteiger partial charge on any atom is 0.337 e. The van der Waals surface area contributed by atoms with Crippen molar-refractivity contribution in [3.8, 4) is 0 Å². The predicted octanol–water partition coefficient (Wildman–Crippen LogP) is 3.90. The summed E-state index contributed by atoms with van der Waals surface area (Å²) in [6.45, 7) is 0. The Bertz CT molecular complexity index is 1440. The van der Waals surface area contributed by atoms with E-state index < -0.39 is 5.97 Å². The molecule has 0 radical (unpaired) electrons. The SMILES string of the molecule is COC(=O)c1ccc(C=Nn2c(N)c(C(=O)NC3CCCCC3)c3nc4ccccc4nc32)cc1. The number of anilines is 1. The van der Waals surface area contributed by atoms with Crippen LogP contribution in [0.1, 0.15) is 58.4 Å². The van der Waals surface area contributed by atoms with Crippen LogP contribution in [-0.4, -0.2) is 45.9 Å². The number of esters is 1. The van der Waals surface area contributed by atoms with Gasteiger partial charge in [0.2, 0.25) is 0 Å². The number of aromatic nitrogens is 3. The number of benzene rings is 2. The van der Waals surface area contributed by atoms with E-state index in [1.807, 2.05) is 24.3 Å². The second-order valence-electron chi connectivity index (χ2n) is 8.62. The monoisotopic (exact) mass is 470 g/mol. The first-order valence-electron chi connectivity index (χ1n) is 11.7. The number of carbonyl (C=O) groups excluding carboxylic acids is 2. The summed E-state index contributed by atoms with van der Waals surface area (Å²) in [6.07, 6.45) is 6.91. The fourth-order valence-electron chi connectivity index (χ4n) is 4.44. The molecule has 2 aromatic heterocycles. The van der Waals surface area contributed by atoms with Crippen molar-refractivity contribution in [3.05, 3.63) is 65.2 Å². The van der Waals surface area contributed by atoms with Crippen LogP contribution in [0.25, 0.3) is 22.2 Å². The highest BCUT2D eigenvalue weighted by molar-refractivity contribution is 6.10. The number of fused-ring (bicyclic) bond motifs is 2. The van der Waals surface area contributed by atoms with E-state index in [1.165, 1.54) is 18.2 Å². The number of nitrogens with one attached hydrogen (secondary N) is 1. The molecule has 178 valence electrons. The molecular weight excluding hydrogens is 444 g/mol. The van der Waals surface area contributed by atoms with Crippen molar-refractivity contribution in [1.82, 2.24) is 20.0 Å². The molecule has 1 amide bonds. The molecule has 0 atom stereocenters. The third-order valence-corrected chi connectivity index (χ3v) is 6.30. The standard InChI is InChI=1S/C26H26N6O3/c1-35-26(34)17-13-11-16(12-14-17)15-28-32-23(27)21(25(33)29-18-7-3-2-4-8-18)22-24(32)31-20-10-6-5-9-19(20)30-22/h5-6,9-15,18H,2-4,7-8,27H2,1H3,(H,29,33). The summed E-state index contributed by atoms with van der Waals surface area (Å²) in [5.41, 5.74) is 10.1. The van der Waals surface area contributed by atoms with Crippen LogP contribution in [0.5, 0.6) is 0 Å². The molecular formula is C26H26N6O3. The maximum absolute atomic E-state index is 13.3. The number of nitrogen functional groups attached to an aromatic ring is 1. The van der Waals surface area contributed by atoms with Crippen LogP contribution in [0.2, 0.25) is 0 Å². The molecule has 9 heteroatoms. The first kappa shape index (κ1) is 22.5. The molecule has 1 aliphatic carbocycles. The van der Waals surface area contributed by atoms with Crippen molar-refractivity contribution in [2.24, 2.45) is 5.10 Å². The lowest BCUT2D eigenvalue weighted by Crippen LogP contribution is -2.36. The summed E-state index contributed by atoms with van der Waals surface area (Å²) < 4.78 is 6.18. The molecule has 1 fully saturated rings. The Kier molecular flexibility index (Phi) is 6.13. The summed E-state index contributed by atoms with van der Waals surface area (Å²) in [6, 6.07) is 14.4. The van der Waals surface area contributed by atoms with Crippen LogP contribution in [0.3, 0.4) is 0 Å². The minimum Gasteiger partial charge on any atom is -0.465 e. The van der Waals surface area contributed by atoms with Crippen LogP contribution in [0, 0.1) is 0 Å². The second kappa shape index (κ2) is 9.54. The van der Waals surface area contributed by atoms with Crippen molar-refractivity contribution in [2.45, 2.75) is 38.1 Å². The third-order valence-electron chi connectivity index (χ3n) is 6.30. The Labute approximate surface area is 202 Å². The minimum absolute atomic E-state index is 0.124. The lowest BCUT2D eigenvalue weighted by molar-refractivity contribution is 0.0600. The number of para-hydroxylation sites is 2. The zero-order valence-corrected chi connectivity index (χ0v) is 19.4. The molecule has 2 heterocycles. The number of nitrogens with two attached hydrogens (primary N) is 1. The van der Waals surface area contributed by atoms with E-state index in [2.05, 4.69) is 10.4 Å². The maximum atomic E-state index is 13.3. The fourth-order valence-corrected chi connectivity index (χ4v) is 4.44. The number of nitrogens with zero attached hydrogens (tertiary/aromatic N) is 4. The molecule has 0 bridgehead atoms. The highest BCUT2D eigenvalue weighted by Gasteiger charge is 2.26. The molecule has 0 aliphatic heterocycles. The van der Waals surface area contributed by atoms with Gasteiger partial charge in [0, 0.05) is 6.04 Å². The average Bonchev–Trinajstić information content (AvgIpc) is 3.16. The van der Waals surface area contributed by atoms with E-state index in [0.717, 1.165) is 31.2 Å². The van der Waals surface area contributed by atoms with Gasteiger partial charge in [-0.1, -0.05) is 43.5 Å². The lowest BCUT2D eigenvalue weighted by Gasteiger charge is -2.22. The molecule has 0 unspecified atom stereocenters. The van der Waals surface area contributed by atoms with Gasteiger partial charge >= 0.3 is 5.97 Å². The summed E-state index contributed by atoms with van der Waals surface area (Å²) in [4.78, 5) is 34.4. The average molecular weight is 471 g/mol. The third kappa shape index (κ3) is 4.44. The summed E-state index contributed by atoms with van der Waals surface area (Å²) in [7, 11) is 1.34. The van der Waals surface area contributed by atoms with Gasteiger partial charge in [0.25, 0.3) is 5.91 Å². The van der Waals surface area contributed by atoms with Gasteiger partial charge in [-0.25, -0.2) is 14.8 Å². The molecule has 1 aliphatic rings. The van der Waals surface area contributed by atoms with E-state index in [4.69, 9.17) is 20.4 Å². The number of carbonyl (C=O) groups is 2. The van der Waals surface area contributed by atoms with Crippen LogP contribution in [0.15, 0.2) is 53.6 Å². The zero-order valence-electron chi connectivity index (χ0n) is 19.4. The van der Waals surface area contributed by atoms with E-state index >= 15 is 0 Å². The number of methoxy groups -OCH3 is 1. The topological polar surface area (TPSA) is 124 Å². The van der Waals surface area contributed by atoms with Gasteiger partial charge in [-0.05, 0) is 42.7 Å². The van der Waals surface area contributed by atoms with Crippen molar-refractivity contribution < 1.29 is 14.3 Å². The summed E-state index contributed by atoms with van der Waals surface area (Å²) in [5.74, 6) is -0.503. The molecule has 35 heavy (non-hydrogen) atoms. The van der Waals surface area contributed by atoms with Gasteiger partial charge in [0.1, 0.15) is 16.9 Å². The molecule has 5 rings (SSSR count). The Morgan fingerprint density at radius 3 is 2.43 bits per heavy atom. The highest BCUT2D eigenvalue weighted by atomic mass is 16.5. The van der Waals surface area contributed by atoms with Crippen LogP contribution in [0.4, 0.5) is 5.82 Å². The van der Waals surface area contributed by atoms with Gasteiger partial charge in [-0.2, -0.15) is 9.78 Å². The van der Waals surface area contributed by atoms with Gasteiger partial charge in [0.05, 0.1) is 29.9 Å². The molecule has 0 spiro atoms. The Balaban J connectivity index is 1.56. The summed E-state index contributed by atoms with van der Waals surface area (Å²) >= 11 is 0. The van der Waals surface area contributed by atoms with Crippen molar-refractivity contribution in [2.75, 3.05) is 12.8 Å². The van der Waals surface area contributed by atoms with E-state index in [-0.39, 0.29) is 23.3 Å². The first-order valence-corrected chi connectivity index (χ1v) is 11.7. The van der Waals surface area contributed by atoms with Crippen LogP contribution in [-0.2, 0) is 4.74 Å². The zero-order chi connectivity index (χ0) is 24.4. The van der Waals surface area contributed by atoms with Crippen molar-refractivity contribution in [1.29, 1.82) is 0 Å². The Hall–Kier alpha value is -4.27. The number of hydrogen-bond donors (Lipinski definition) is 2. The summed E-state index contributed by atoms with van der Waals surface area (Å²) in [5, 5.41) is 7.65. The first-order chi connectivity index (χ1) is 17.0. The number of hydrogen-bond acceptors (Lipinski definition) is 7. The van der Waals surface area contributed by atoms with Crippen molar-refractivity contribution in [3.63, 3.8) is 0 Å². The number of amides is 1. The largest absolute Gasteiger partial charge is 0.465 e. The van der Waals surface area contributed by atoms with Gasteiger partial charge in [-0.15, -0.1) is 0 Å². The van der Waals surface area contributed by atoms with Gasteiger partial charge in [0.15, 0.2) is 5.65 Å². The Morgan fingerprint density at radius 1 is 1.06 bits per heavy atom. The molecule has 1 saturated carbocycles. The molecule has 9 nitrogen and oxygen atoms in total. The highest BCUT2D eigenvalue weighted by Crippen LogP contribution is 2.28. The quantitative estimate of drug-likeness (QED) is 0.337. The van der Waals surface area contributed by atoms with Gasteiger partial charge < -0.3 is 15.8 Å². The van der Waals surface area contributed by atoms with E-state index in [9.17, 15) is 9.59 Å². The van der Waals surface area contributed by atoms with Gasteiger partial charge in [-0.3, -0.25) is 4.79 Å². The predicted molar refractivity (Wildman–Crippen MR) is 135 cm³/mol. The van der Waals surface area contributed by atoms with E-state index in [1.54, 1.807) is 30.5 Å². The number of ether oxygens (including phenoxy) is 1. The molecule has 3 N–H and O–H groups in total. The second-order valence-corrected chi connectivity index (χ2v) is 8.62. The molecule has 2 aromatic carbocycles. The van der Waals surface area contributed by atoms with Crippen LogP contribution < -0.4 is 11.1 Å².